The zero-order valence-electron chi connectivity index (χ0n) is 13.4. The van der Waals surface area contributed by atoms with E-state index in [1.807, 2.05) is 11.8 Å². The molecule has 116 valence electrons. The standard InChI is InChI=1S/C22H22S/c1-3-9-17(10-4-1)15-19-16-22(18-11-5-2-6-12-18)23-21-14-8-7-13-20(19)21/h1-6,9-12,16,19H,7-8,13-15H2/t19-/m1/s1. The van der Waals surface area contributed by atoms with Crippen LogP contribution in [0, 0.1) is 5.92 Å². The van der Waals surface area contributed by atoms with Gasteiger partial charge in [-0.2, -0.15) is 0 Å². The second kappa shape index (κ2) is 6.80. The van der Waals surface area contributed by atoms with Crippen LogP contribution in [0.2, 0.25) is 0 Å². The van der Waals surface area contributed by atoms with Gasteiger partial charge >= 0.3 is 0 Å². The molecule has 0 aromatic heterocycles. The summed E-state index contributed by atoms with van der Waals surface area (Å²) < 4.78 is 0. The maximum Gasteiger partial charge on any atom is 0.0157 e. The molecular formula is C22H22S. The van der Waals surface area contributed by atoms with E-state index >= 15 is 0 Å². The van der Waals surface area contributed by atoms with Gasteiger partial charge in [-0.1, -0.05) is 84.1 Å². The maximum atomic E-state index is 2.52. The highest BCUT2D eigenvalue weighted by atomic mass is 32.2. The second-order valence-corrected chi connectivity index (χ2v) is 7.59. The van der Waals surface area contributed by atoms with Gasteiger partial charge in [-0.3, -0.25) is 0 Å². The molecule has 0 radical (unpaired) electrons. The molecule has 1 atom stereocenters. The van der Waals surface area contributed by atoms with Crippen LogP contribution in [0.1, 0.15) is 36.8 Å². The van der Waals surface area contributed by atoms with E-state index in [9.17, 15) is 0 Å². The fourth-order valence-corrected chi connectivity index (χ4v) is 5.05. The highest BCUT2D eigenvalue weighted by Crippen LogP contribution is 2.48. The minimum atomic E-state index is 0.573. The van der Waals surface area contributed by atoms with Gasteiger partial charge in [0.1, 0.15) is 0 Å². The molecule has 2 aliphatic rings. The summed E-state index contributed by atoms with van der Waals surface area (Å²) in [5.74, 6) is 0.573. The van der Waals surface area contributed by atoms with E-state index < -0.39 is 0 Å². The van der Waals surface area contributed by atoms with Gasteiger partial charge < -0.3 is 0 Å². The number of rotatable bonds is 3. The van der Waals surface area contributed by atoms with E-state index in [-0.39, 0.29) is 0 Å². The normalized spacial score (nSPS) is 20.9. The van der Waals surface area contributed by atoms with Gasteiger partial charge in [0.2, 0.25) is 0 Å². The molecule has 4 rings (SSSR count). The Kier molecular flexibility index (Phi) is 4.39. The molecule has 0 bridgehead atoms. The summed E-state index contributed by atoms with van der Waals surface area (Å²) in [5.41, 5.74) is 4.53. The highest BCUT2D eigenvalue weighted by molar-refractivity contribution is 8.11. The monoisotopic (exact) mass is 318 g/mol. The van der Waals surface area contributed by atoms with Crippen LogP contribution in [0.5, 0.6) is 0 Å². The summed E-state index contributed by atoms with van der Waals surface area (Å²) in [5, 5.41) is 0. The molecule has 0 nitrogen and oxygen atoms in total. The fraction of sp³-hybridized carbons (Fsp3) is 0.273. The lowest BCUT2D eigenvalue weighted by Gasteiger charge is -2.31. The van der Waals surface area contributed by atoms with E-state index in [1.165, 1.54) is 41.7 Å². The van der Waals surface area contributed by atoms with Crippen molar-refractivity contribution in [1.29, 1.82) is 0 Å². The first-order valence-corrected chi connectivity index (χ1v) is 9.43. The summed E-state index contributed by atoms with van der Waals surface area (Å²) in [6.45, 7) is 0. The molecular weight excluding hydrogens is 296 g/mol. The summed E-state index contributed by atoms with van der Waals surface area (Å²) >= 11 is 2.02. The Hall–Kier alpha value is -1.73. The summed E-state index contributed by atoms with van der Waals surface area (Å²) in [6, 6.07) is 21.8. The van der Waals surface area contributed by atoms with Gasteiger partial charge in [0.05, 0.1) is 0 Å². The SMILES string of the molecule is C1=C(c2ccccc2)SC2=C(CCCC2)[C@@H]1Cc1ccccc1. The second-order valence-electron chi connectivity index (χ2n) is 6.45. The van der Waals surface area contributed by atoms with Crippen molar-refractivity contribution in [3.8, 4) is 0 Å². The Labute approximate surface area is 143 Å². The molecule has 2 aromatic carbocycles. The third-order valence-electron chi connectivity index (χ3n) is 4.85. The molecule has 1 aliphatic heterocycles. The number of allylic oxidation sites excluding steroid dienone is 3. The molecule has 0 saturated carbocycles. The average molecular weight is 318 g/mol. The molecule has 0 N–H and O–H groups in total. The van der Waals surface area contributed by atoms with Crippen LogP contribution in [0.25, 0.3) is 4.91 Å². The lowest BCUT2D eigenvalue weighted by molar-refractivity contribution is 0.613. The first-order valence-electron chi connectivity index (χ1n) is 8.61. The molecule has 1 aliphatic carbocycles. The van der Waals surface area contributed by atoms with Crippen molar-refractivity contribution in [2.24, 2.45) is 5.92 Å². The molecule has 0 amide bonds. The van der Waals surface area contributed by atoms with Crippen molar-refractivity contribution in [2.75, 3.05) is 0 Å². The zero-order chi connectivity index (χ0) is 15.5. The number of thioether (sulfide) groups is 1. The third kappa shape index (κ3) is 3.30. The molecule has 0 fully saturated rings. The van der Waals surface area contributed by atoms with Gasteiger partial charge in [0.25, 0.3) is 0 Å². The first kappa shape index (κ1) is 14.8. The van der Waals surface area contributed by atoms with Crippen LogP contribution >= 0.6 is 11.8 Å². The van der Waals surface area contributed by atoms with Gasteiger partial charge in [0.15, 0.2) is 0 Å². The van der Waals surface area contributed by atoms with Crippen LogP contribution in [-0.4, -0.2) is 0 Å². The Morgan fingerprint density at radius 3 is 2.30 bits per heavy atom. The number of benzene rings is 2. The molecule has 0 saturated heterocycles. The summed E-state index contributed by atoms with van der Waals surface area (Å²) in [7, 11) is 0. The van der Waals surface area contributed by atoms with Crippen LogP contribution in [-0.2, 0) is 6.42 Å². The Morgan fingerprint density at radius 1 is 0.826 bits per heavy atom. The van der Waals surface area contributed by atoms with Crippen molar-refractivity contribution in [3.05, 3.63) is 88.3 Å². The summed E-state index contributed by atoms with van der Waals surface area (Å²) in [4.78, 5) is 3.10. The Morgan fingerprint density at radius 2 is 1.52 bits per heavy atom. The van der Waals surface area contributed by atoms with E-state index in [0.29, 0.717) is 5.92 Å². The minimum Gasteiger partial charge on any atom is -0.0943 e. The average Bonchev–Trinajstić information content (AvgIpc) is 2.63. The molecule has 0 spiro atoms. The van der Waals surface area contributed by atoms with Crippen molar-refractivity contribution in [2.45, 2.75) is 32.1 Å². The predicted octanol–water partition coefficient (Wildman–Crippen LogP) is 6.46. The van der Waals surface area contributed by atoms with Crippen molar-refractivity contribution in [1.82, 2.24) is 0 Å². The Balaban J connectivity index is 1.68. The van der Waals surface area contributed by atoms with E-state index in [4.69, 9.17) is 0 Å². The largest absolute Gasteiger partial charge is 0.0943 e. The van der Waals surface area contributed by atoms with E-state index in [2.05, 4.69) is 66.7 Å². The van der Waals surface area contributed by atoms with Gasteiger partial charge in [-0.15, -0.1) is 0 Å². The molecule has 1 heterocycles. The third-order valence-corrected chi connectivity index (χ3v) is 6.15. The van der Waals surface area contributed by atoms with E-state index in [0.717, 1.165) is 6.42 Å². The topological polar surface area (TPSA) is 0 Å². The predicted molar refractivity (Wildman–Crippen MR) is 101 cm³/mol. The quantitative estimate of drug-likeness (QED) is 0.625. The van der Waals surface area contributed by atoms with Crippen molar-refractivity contribution >= 4 is 16.7 Å². The molecule has 1 heteroatoms. The lowest BCUT2D eigenvalue weighted by atomic mass is 9.84. The Bertz CT molecular complexity index is 725. The van der Waals surface area contributed by atoms with E-state index in [1.54, 1.807) is 10.5 Å². The number of hydrogen-bond donors (Lipinski definition) is 0. The van der Waals surface area contributed by atoms with Crippen LogP contribution in [0.3, 0.4) is 0 Å². The molecule has 2 aromatic rings. The van der Waals surface area contributed by atoms with Crippen LogP contribution < -0.4 is 0 Å². The summed E-state index contributed by atoms with van der Waals surface area (Å²) in [6.07, 6.45) is 8.94. The smallest absolute Gasteiger partial charge is 0.0157 e. The molecule has 23 heavy (non-hydrogen) atoms. The van der Waals surface area contributed by atoms with Gasteiger partial charge in [0, 0.05) is 10.8 Å². The zero-order valence-corrected chi connectivity index (χ0v) is 14.2. The minimum absolute atomic E-state index is 0.573. The first-order chi connectivity index (χ1) is 11.4. The maximum absolute atomic E-state index is 2.52. The fourth-order valence-electron chi connectivity index (χ4n) is 3.67. The van der Waals surface area contributed by atoms with Crippen LogP contribution in [0.4, 0.5) is 0 Å². The highest BCUT2D eigenvalue weighted by Gasteiger charge is 2.26. The van der Waals surface area contributed by atoms with Crippen molar-refractivity contribution < 1.29 is 0 Å². The van der Waals surface area contributed by atoms with Gasteiger partial charge in [-0.05, 0) is 48.1 Å². The lowest BCUT2D eigenvalue weighted by Crippen LogP contribution is -2.14. The van der Waals surface area contributed by atoms with Crippen molar-refractivity contribution in [3.63, 3.8) is 0 Å². The van der Waals surface area contributed by atoms with Gasteiger partial charge in [-0.25, -0.2) is 0 Å². The number of hydrogen-bond acceptors (Lipinski definition) is 1. The van der Waals surface area contributed by atoms with Crippen LogP contribution in [0.15, 0.2) is 77.2 Å². The molecule has 0 unspecified atom stereocenters.